The largest absolute Gasteiger partial charge is 0.504 e. The highest BCUT2D eigenvalue weighted by molar-refractivity contribution is 9.10. The summed E-state index contributed by atoms with van der Waals surface area (Å²) in [5.74, 6) is -0.336. The van der Waals surface area contributed by atoms with Crippen molar-refractivity contribution in [2.24, 2.45) is 10.1 Å². The van der Waals surface area contributed by atoms with Crippen molar-refractivity contribution in [2.45, 2.75) is 19.9 Å². The zero-order valence-corrected chi connectivity index (χ0v) is 16.7. The maximum absolute atomic E-state index is 9.66. The summed E-state index contributed by atoms with van der Waals surface area (Å²) in [6.45, 7) is 4.04. The van der Waals surface area contributed by atoms with Gasteiger partial charge in [-0.25, -0.2) is 4.68 Å². The molecule has 0 amide bonds. The van der Waals surface area contributed by atoms with Crippen LogP contribution in [0.15, 0.2) is 62.4 Å². The van der Waals surface area contributed by atoms with Crippen LogP contribution in [0.4, 0.5) is 0 Å². The third-order valence-electron chi connectivity index (χ3n) is 3.53. The van der Waals surface area contributed by atoms with Gasteiger partial charge in [0, 0.05) is 21.5 Å². The Bertz CT molecular complexity index is 1020. The van der Waals surface area contributed by atoms with E-state index in [4.69, 9.17) is 0 Å². The lowest BCUT2D eigenvalue weighted by molar-refractivity contribution is 0.403. The van der Waals surface area contributed by atoms with Crippen LogP contribution in [0.25, 0.3) is 11.3 Å². The van der Waals surface area contributed by atoms with E-state index in [1.165, 1.54) is 23.5 Å². The van der Waals surface area contributed by atoms with Crippen LogP contribution >= 0.6 is 27.3 Å². The molecule has 1 heterocycles. The molecule has 0 aliphatic rings. The summed E-state index contributed by atoms with van der Waals surface area (Å²) in [7, 11) is 0. The lowest BCUT2D eigenvalue weighted by atomic mass is 10.2. The summed E-state index contributed by atoms with van der Waals surface area (Å²) in [5, 5.41) is 25.7. The van der Waals surface area contributed by atoms with E-state index in [0.717, 1.165) is 20.5 Å². The van der Waals surface area contributed by atoms with E-state index in [1.54, 1.807) is 17.0 Å². The molecule has 0 bridgehead atoms. The highest BCUT2D eigenvalue weighted by atomic mass is 79.9. The molecular weight excluding hydrogens is 414 g/mol. The quantitative estimate of drug-likeness (QED) is 0.468. The number of nitrogens with zero attached hydrogens (tertiary/aromatic N) is 3. The fourth-order valence-corrected chi connectivity index (χ4v) is 3.77. The van der Waals surface area contributed by atoms with Crippen LogP contribution in [0.5, 0.6) is 11.5 Å². The molecule has 7 heteroatoms. The lowest BCUT2D eigenvalue weighted by Crippen LogP contribution is -2.14. The van der Waals surface area contributed by atoms with Gasteiger partial charge in [0.2, 0.25) is 4.80 Å². The fourth-order valence-electron chi connectivity index (χ4n) is 2.32. The Morgan fingerprint density at radius 3 is 2.58 bits per heavy atom. The van der Waals surface area contributed by atoms with Crippen molar-refractivity contribution in [1.29, 1.82) is 0 Å². The monoisotopic (exact) mass is 431 g/mol. The molecule has 3 rings (SSSR count). The van der Waals surface area contributed by atoms with Gasteiger partial charge in [0.05, 0.1) is 11.9 Å². The van der Waals surface area contributed by atoms with Crippen LogP contribution in [0.3, 0.4) is 0 Å². The second-order valence-corrected chi connectivity index (χ2v) is 7.60. The van der Waals surface area contributed by atoms with Crippen LogP contribution in [0, 0.1) is 0 Å². The molecule has 26 heavy (non-hydrogen) atoms. The van der Waals surface area contributed by atoms with Gasteiger partial charge in [0.25, 0.3) is 0 Å². The van der Waals surface area contributed by atoms with Crippen LogP contribution in [0.2, 0.25) is 0 Å². The Hall–Kier alpha value is -2.38. The number of aromatic hydroxyl groups is 2. The Morgan fingerprint density at radius 1 is 1.12 bits per heavy atom. The molecule has 0 unspecified atom stereocenters. The van der Waals surface area contributed by atoms with Crippen LogP contribution in [-0.4, -0.2) is 27.1 Å². The van der Waals surface area contributed by atoms with Crippen molar-refractivity contribution in [2.75, 3.05) is 0 Å². The van der Waals surface area contributed by atoms with Crippen LogP contribution in [0.1, 0.15) is 19.4 Å². The third kappa shape index (κ3) is 4.05. The van der Waals surface area contributed by atoms with Gasteiger partial charge < -0.3 is 10.2 Å². The summed E-state index contributed by atoms with van der Waals surface area (Å²) >= 11 is 5.11. The molecular formula is C19H18BrN3O2S. The van der Waals surface area contributed by atoms with Crippen molar-refractivity contribution < 1.29 is 10.2 Å². The molecule has 3 aromatic rings. The second-order valence-electron chi connectivity index (χ2n) is 5.91. The molecule has 0 spiro atoms. The van der Waals surface area contributed by atoms with Gasteiger partial charge in [-0.15, -0.1) is 11.3 Å². The minimum absolute atomic E-state index is 0.139. The Morgan fingerprint density at radius 2 is 1.88 bits per heavy atom. The lowest BCUT2D eigenvalue weighted by Gasteiger charge is -2.06. The Labute approximate surface area is 163 Å². The number of thiazole rings is 1. The van der Waals surface area contributed by atoms with E-state index in [-0.39, 0.29) is 17.5 Å². The standard InChI is InChI=1S/C19H18BrN3O2S/c1-12(2)22-19-23(21-10-13-7-8-17(24)18(25)9-13)16(11-26-19)14-5-3-4-6-15(14)20/h3-12,24-25H,1-2H3. The van der Waals surface area contributed by atoms with Crippen molar-refractivity contribution in [3.05, 3.63) is 62.7 Å². The minimum Gasteiger partial charge on any atom is -0.504 e. The van der Waals surface area contributed by atoms with Gasteiger partial charge in [-0.2, -0.15) is 5.10 Å². The SMILES string of the molecule is CC(C)N=c1scc(-c2ccccc2Br)n1N=Cc1ccc(O)c(O)c1. The predicted octanol–water partition coefficient (Wildman–Crippen LogP) is 4.58. The number of benzene rings is 2. The normalized spacial score (nSPS) is 12.4. The number of phenolic OH excluding ortho intramolecular Hbond substituents is 2. The first-order valence-corrected chi connectivity index (χ1v) is 9.68. The number of rotatable bonds is 4. The molecule has 0 radical (unpaired) electrons. The van der Waals surface area contributed by atoms with Crippen molar-refractivity contribution in [3.63, 3.8) is 0 Å². The third-order valence-corrected chi connectivity index (χ3v) is 5.05. The molecule has 2 aromatic carbocycles. The summed E-state index contributed by atoms with van der Waals surface area (Å²) in [6.07, 6.45) is 1.63. The van der Waals surface area contributed by atoms with Crippen molar-refractivity contribution in [1.82, 2.24) is 4.68 Å². The molecule has 2 N–H and O–H groups in total. The topological polar surface area (TPSA) is 70.1 Å². The Kier molecular flexibility index (Phi) is 5.58. The first kappa shape index (κ1) is 18.4. The molecule has 0 atom stereocenters. The highest BCUT2D eigenvalue weighted by Gasteiger charge is 2.10. The zero-order valence-electron chi connectivity index (χ0n) is 14.3. The van der Waals surface area contributed by atoms with Crippen LogP contribution < -0.4 is 4.80 Å². The van der Waals surface area contributed by atoms with Crippen LogP contribution in [-0.2, 0) is 0 Å². The predicted molar refractivity (Wildman–Crippen MR) is 109 cm³/mol. The number of halogens is 1. The number of hydrogen-bond donors (Lipinski definition) is 2. The second kappa shape index (κ2) is 7.88. The summed E-state index contributed by atoms with van der Waals surface area (Å²) in [6, 6.07) is 12.7. The molecule has 1 aromatic heterocycles. The van der Waals surface area contributed by atoms with Gasteiger partial charge in [0.1, 0.15) is 0 Å². The number of phenols is 2. The number of aromatic nitrogens is 1. The maximum Gasteiger partial charge on any atom is 0.206 e. The van der Waals surface area contributed by atoms with Gasteiger partial charge in [0.15, 0.2) is 11.5 Å². The van der Waals surface area contributed by atoms with Gasteiger partial charge in [-0.1, -0.05) is 34.1 Å². The fraction of sp³-hybridized carbons (Fsp3) is 0.158. The summed E-state index contributed by atoms with van der Waals surface area (Å²) in [5.41, 5.74) is 2.60. The van der Waals surface area contributed by atoms with E-state index in [2.05, 4.69) is 26.0 Å². The molecule has 0 saturated carbocycles. The molecule has 0 fully saturated rings. The van der Waals surface area contributed by atoms with E-state index < -0.39 is 0 Å². The number of hydrogen-bond acceptors (Lipinski definition) is 5. The average molecular weight is 432 g/mol. The zero-order chi connectivity index (χ0) is 18.7. The first-order valence-electron chi connectivity index (χ1n) is 8.01. The van der Waals surface area contributed by atoms with Crippen molar-refractivity contribution in [3.8, 4) is 22.8 Å². The average Bonchev–Trinajstić information content (AvgIpc) is 2.98. The van der Waals surface area contributed by atoms with Gasteiger partial charge in [-0.05, 0) is 43.7 Å². The minimum atomic E-state index is -0.178. The Balaban J connectivity index is 2.12. The molecule has 0 saturated heterocycles. The molecule has 0 aliphatic heterocycles. The molecule has 5 nitrogen and oxygen atoms in total. The molecule has 0 aliphatic carbocycles. The first-order chi connectivity index (χ1) is 12.5. The van der Waals surface area contributed by atoms with Gasteiger partial charge in [-0.3, -0.25) is 4.99 Å². The summed E-state index contributed by atoms with van der Waals surface area (Å²) in [4.78, 5) is 5.42. The van der Waals surface area contributed by atoms with E-state index in [1.807, 2.05) is 43.5 Å². The van der Waals surface area contributed by atoms with Gasteiger partial charge >= 0.3 is 0 Å². The highest BCUT2D eigenvalue weighted by Crippen LogP contribution is 2.28. The maximum atomic E-state index is 9.66. The van der Waals surface area contributed by atoms with Crippen molar-refractivity contribution >= 4 is 33.5 Å². The van der Waals surface area contributed by atoms with E-state index >= 15 is 0 Å². The smallest absolute Gasteiger partial charge is 0.206 e. The van der Waals surface area contributed by atoms with E-state index in [0.29, 0.717) is 5.56 Å². The molecule has 134 valence electrons. The summed E-state index contributed by atoms with van der Waals surface area (Å²) < 4.78 is 2.76. The van der Waals surface area contributed by atoms with E-state index in [9.17, 15) is 10.2 Å².